The fourth-order valence-corrected chi connectivity index (χ4v) is 2.90. The van der Waals surface area contributed by atoms with Crippen LogP contribution in [0.3, 0.4) is 0 Å². The minimum absolute atomic E-state index is 0.615. The van der Waals surface area contributed by atoms with Gasteiger partial charge < -0.3 is 5.32 Å². The first-order valence-electron chi connectivity index (χ1n) is 6.50. The minimum Gasteiger partial charge on any atom is -0.382 e. The molecule has 1 heteroatoms. The third-order valence-corrected chi connectivity index (χ3v) is 3.72. The monoisotopic (exact) mass is 217 g/mol. The smallest absolute Gasteiger partial charge is 0.0347 e. The Morgan fingerprint density at radius 3 is 2.19 bits per heavy atom. The molecule has 0 heterocycles. The van der Waals surface area contributed by atoms with Gasteiger partial charge in [-0.25, -0.2) is 0 Å². The lowest BCUT2D eigenvalue weighted by Crippen LogP contribution is -2.23. The molecule has 16 heavy (non-hydrogen) atoms. The lowest BCUT2D eigenvalue weighted by Gasteiger charge is -2.22. The van der Waals surface area contributed by atoms with Crippen LogP contribution in [0.4, 0.5) is 5.69 Å². The van der Waals surface area contributed by atoms with Gasteiger partial charge in [0.15, 0.2) is 0 Å². The number of aryl methyl sites for hydroxylation is 2. The van der Waals surface area contributed by atoms with Crippen LogP contribution < -0.4 is 5.32 Å². The molecule has 88 valence electrons. The highest BCUT2D eigenvalue weighted by atomic mass is 14.9. The van der Waals surface area contributed by atoms with Crippen molar-refractivity contribution in [2.24, 2.45) is 5.92 Å². The molecule has 1 aliphatic rings. The average molecular weight is 217 g/mol. The Morgan fingerprint density at radius 2 is 1.62 bits per heavy atom. The largest absolute Gasteiger partial charge is 0.382 e. The maximum atomic E-state index is 3.67. The molecule has 1 aromatic rings. The summed E-state index contributed by atoms with van der Waals surface area (Å²) in [6.07, 6.45) is 5.64. The van der Waals surface area contributed by atoms with Crippen molar-refractivity contribution in [3.05, 3.63) is 29.3 Å². The van der Waals surface area contributed by atoms with Crippen LogP contribution in [0.15, 0.2) is 18.2 Å². The van der Waals surface area contributed by atoms with Crippen LogP contribution in [0.25, 0.3) is 0 Å². The summed E-state index contributed by atoms with van der Waals surface area (Å²) in [5.41, 5.74) is 3.99. The van der Waals surface area contributed by atoms with Crippen molar-refractivity contribution < 1.29 is 0 Å². The van der Waals surface area contributed by atoms with Crippen molar-refractivity contribution in [3.63, 3.8) is 0 Å². The summed E-state index contributed by atoms with van der Waals surface area (Å²) < 4.78 is 0. The van der Waals surface area contributed by atoms with Crippen molar-refractivity contribution in [1.82, 2.24) is 0 Å². The Morgan fingerprint density at radius 1 is 1.06 bits per heavy atom. The summed E-state index contributed by atoms with van der Waals surface area (Å²) in [6, 6.07) is 7.34. The Bertz CT molecular complexity index is 330. The van der Waals surface area contributed by atoms with Gasteiger partial charge in [-0.1, -0.05) is 18.9 Å². The van der Waals surface area contributed by atoms with Crippen LogP contribution in [0.5, 0.6) is 0 Å². The molecule has 0 spiro atoms. The molecule has 1 atom stereocenters. The number of hydrogen-bond donors (Lipinski definition) is 1. The van der Waals surface area contributed by atoms with Crippen LogP contribution in [0.2, 0.25) is 0 Å². The number of anilines is 1. The second-order valence-corrected chi connectivity index (χ2v) is 5.35. The molecule has 1 saturated carbocycles. The van der Waals surface area contributed by atoms with Crippen molar-refractivity contribution in [2.45, 2.75) is 52.5 Å². The molecule has 2 rings (SSSR count). The molecule has 0 bridgehead atoms. The van der Waals surface area contributed by atoms with Gasteiger partial charge in [0.25, 0.3) is 0 Å². The van der Waals surface area contributed by atoms with Gasteiger partial charge in [0.05, 0.1) is 0 Å². The molecule has 1 fully saturated rings. The summed E-state index contributed by atoms with van der Waals surface area (Å²) in [5, 5.41) is 3.67. The van der Waals surface area contributed by atoms with E-state index in [0.29, 0.717) is 6.04 Å². The predicted molar refractivity (Wildman–Crippen MR) is 71.0 cm³/mol. The molecule has 1 unspecified atom stereocenters. The molecule has 1 aromatic carbocycles. The summed E-state index contributed by atoms with van der Waals surface area (Å²) in [5.74, 6) is 0.876. The number of rotatable bonds is 3. The maximum Gasteiger partial charge on any atom is 0.0347 e. The Hall–Kier alpha value is -0.980. The van der Waals surface area contributed by atoms with E-state index in [9.17, 15) is 0 Å². The molecule has 0 amide bonds. The van der Waals surface area contributed by atoms with Gasteiger partial charge in [-0.3, -0.25) is 0 Å². The van der Waals surface area contributed by atoms with Crippen molar-refractivity contribution in [2.75, 3.05) is 5.32 Å². The normalized spacial score (nSPS) is 18.7. The van der Waals surface area contributed by atoms with Gasteiger partial charge in [-0.15, -0.1) is 0 Å². The molecule has 0 saturated heterocycles. The molecular formula is C15H23N. The number of benzene rings is 1. The summed E-state index contributed by atoms with van der Waals surface area (Å²) in [4.78, 5) is 0. The highest BCUT2D eigenvalue weighted by Gasteiger charge is 2.21. The molecular weight excluding hydrogens is 194 g/mol. The standard InChI is InChI=1S/C15H23N/c1-11-8-12(2)10-15(9-11)16-13(3)14-6-4-5-7-14/h8-10,13-14,16H,4-7H2,1-3H3. The van der Waals surface area contributed by atoms with Crippen molar-refractivity contribution in [3.8, 4) is 0 Å². The van der Waals surface area contributed by atoms with Gasteiger partial charge in [-0.2, -0.15) is 0 Å². The second kappa shape index (κ2) is 4.90. The van der Waals surface area contributed by atoms with Gasteiger partial charge >= 0.3 is 0 Å². The first-order valence-corrected chi connectivity index (χ1v) is 6.50. The summed E-state index contributed by atoms with van der Waals surface area (Å²) in [7, 11) is 0. The Labute approximate surface area is 99.3 Å². The highest BCUT2D eigenvalue weighted by molar-refractivity contribution is 5.49. The molecule has 0 aliphatic heterocycles. The molecule has 0 radical (unpaired) electrons. The van der Waals surface area contributed by atoms with E-state index in [4.69, 9.17) is 0 Å². The van der Waals surface area contributed by atoms with E-state index in [1.807, 2.05) is 0 Å². The molecule has 1 N–H and O–H groups in total. The maximum absolute atomic E-state index is 3.67. The summed E-state index contributed by atoms with van der Waals surface area (Å²) >= 11 is 0. The van der Waals surface area contributed by atoms with E-state index >= 15 is 0 Å². The third-order valence-electron chi connectivity index (χ3n) is 3.72. The lowest BCUT2D eigenvalue weighted by molar-refractivity contribution is 0.482. The van der Waals surface area contributed by atoms with E-state index in [-0.39, 0.29) is 0 Å². The van der Waals surface area contributed by atoms with E-state index in [0.717, 1.165) is 5.92 Å². The molecule has 1 nitrogen and oxygen atoms in total. The van der Waals surface area contributed by atoms with E-state index in [1.165, 1.54) is 42.5 Å². The minimum atomic E-state index is 0.615. The lowest BCUT2D eigenvalue weighted by atomic mass is 9.99. The highest BCUT2D eigenvalue weighted by Crippen LogP contribution is 2.29. The third kappa shape index (κ3) is 2.78. The quantitative estimate of drug-likeness (QED) is 0.796. The zero-order chi connectivity index (χ0) is 11.5. The van der Waals surface area contributed by atoms with Gasteiger partial charge in [0.1, 0.15) is 0 Å². The van der Waals surface area contributed by atoms with Crippen molar-refractivity contribution in [1.29, 1.82) is 0 Å². The van der Waals surface area contributed by atoms with Crippen LogP contribution in [0.1, 0.15) is 43.7 Å². The SMILES string of the molecule is Cc1cc(C)cc(NC(C)C2CCCC2)c1. The van der Waals surface area contributed by atoms with Crippen LogP contribution in [-0.4, -0.2) is 6.04 Å². The van der Waals surface area contributed by atoms with E-state index in [1.54, 1.807) is 0 Å². The van der Waals surface area contributed by atoms with Gasteiger partial charge in [-0.05, 0) is 62.8 Å². The van der Waals surface area contributed by atoms with Crippen molar-refractivity contribution >= 4 is 5.69 Å². The zero-order valence-corrected chi connectivity index (χ0v) is 10.7. The first kappa shape index (κ1) is 11.5. The fraction of sp³-hybridized carbons (Fsp3) is 0.600. The predicted octanol–water partition coefficient (Wildman–Crippen LogP) is 4.29. The average Bonchev–Trinajstić information content (AvgIpc) is 2.68. The fourth-order valence-electron chi connectivity index (χ4n) is 2.90. The Kier molecular flexibility index (Phi) is 3.52. The van der Waals surface area contributed by atoms with Crippen LogP contribution in [0, 0.1) is 19.8 Å². The molecule has 1 aliphatic carbocycles. The van der Waals surface area contributed by atoms with Gasteiger partial charge in [0, 0.05) is 11.7 Å². The Balaban J connectivity index is 2.02. The zero-order valence-electron chi connectivity index (χ0n) is 10.7. The second-order valence-electron chi connectivity index (χ2n) is 5.35. The number of hydrogen-bond acceptors (Lipinski definition) is 1. The topological polar surface area (TPSA) is 12.0 Å². The van der Waals surface area contributed by atoms with Crippen LogP contribution in [-0.2, 0) is 0 Å². The summed E-state index contributed by atoms with van der Waals surface area (Å²) in [6.45, 7) is 6.66. The van der Waals surface area contributed by atoms with Crippen LogP contribution >= 0.6 is 0 Å². The first-order chi connectivity index (χ1) is 7.65. The van der Waals surface area contributed by atoms with E-state index in [2.05, 4.69) is 44.3 Å². The molecule has 0 aromatic heterocycles. The number of nitrogens with one attached hydrogen (secondary N) is 1. The van der Waals surface area contributed by atoms with Gasteiger partial charge in [0.2, 0.25) is 0 Å². The van der Waals surface area contributed by atoms with E-state index < -0.39 is 0 Å².